The number of benzene rings is 1. The summed E-state index contributed by atoms with van der Waals surface area (Å²) in [7, 11) is 0. The molecule has 0 unspecified atom stereocenters. The summed E-state index contributed by atoms with van der Waals surface area (Å²) in [6.45, 7) is 2.96. The van der Waals surface area contributed by atoms with Crippen molar-refractivity contribution < 1.29 is 14.3 Å². The first kappa shape index (κ1) is 22.2. The fourth-order valence-electron chi connectivity index (χ4n) is 4.25. The number of aromatic amines is 1. The molecule has 1 aliphatic heterocycles. The van der Waals surface area contributed by atoms with Gasteiger partial charge in [0.25, 0.3) is 5.91 Å². The minimum absolute atomic E-state index is 0.0330. The molecule has 1 saturated heterocycles. The second-order valence-corrected chi connectivity index (χ2v) is 9.02. The van der Waals surface area contributed by atoms with Crippen LogP contribution < -0.4 is 15.5 Å². The number of carbonyl (C=O) groups excluding carboxylic acids is 2. The molecule has 0 spiro atoms. The molecule has 1 saturated carbocycles. The first-order valence-corrected chi connectivity index (χ1v) is 12.0. The van der Waals surface area contributed by atoms with E-state index in [0.717, 1.165) is 48.4 Å². The highest BCUT2D eigenvalue weighted by molar-refractivity contribution is 6.11. The molecule has 2 fully saturated rings. The van der Waals surface area contributed by atoms with Gasteiger partial charge in [0.2, 0.25) is 5.91 Å². The van der Waals surface area contributed by atoms with Crippen molar-refractivity contribution in [2.75, 3.05) is 41.8 Å². The van der Waals surface area contributed by atoms with Crippen LogP contribution in [-0.4, -0.2) is 58.3 Å². The minimum atomic E-state index is -0.331. The Balaban J connectivity index is 1.20. The van der Waals surface area contributed by atoms with Crippen molar-refractivity contribution in [3.63, 3.8) is 0 Å². The van der Waals surface area contributed by atoms with Gasteiger partial charge in [0, 0.05) is 36.2 Å². The summed E-state index contributed by atoms with van der Waals surface area (Å²) >= 11 is 0. The Kier molecular flexibility index (Phi) is 5.78. The number of morpholine rings is 1. The third-order valence-electron chi connectivity index (χ3n) is 6.41. The summed E-state index contributed by atoms with van der Waals surface area (Å²) in [5.74, 6) is 0.673. The first-order chi connectivity index (χ1) is 17.6. The van der Waals surface area contributed by atoms with Crippen LogP contribution in [-0.2, 0) is 9.53 Å². The topological polar surface area (TPSA) is 125 Å². The van der Waals surface area contributed by atoms with Gasteiger partial charge in [-0.1, -0.05) is 6.07 Å². The van der Waals surface area contributed by atoms with Crippen LogP contribution >= 0.6 is 0 Å². The van der Waals surface area contributed by atoms with Crippen molar-refractivity contribution in [1.29, 1.82) is 0 Å². The number of carbonyl (C=O) groups is 2. The average molecular weight is 484 g/mol. The van der Waals surface area contributed by atoms with Gasteiger partial charge in [0.1, 0.15) is 5.82 Å². The van der Waals surface area contributed by atoms with E-state index in [9.17, 15) is 9.59 Å². The normalized spacial score (nSPS) is 15.6. The molecule has 0 bridgehead atoms. The number of anilines is 3. The molecule has 0 radical (unpaired) electrons. The number of H-pyrrole nitrogens is 1. The van der Waals surface area contributed by atoms with Crippen molar-refractivity contribution in [1.82, 2.24) is 20.2 Å². The number of hydrogen-bond donors (Lipinski definition) is 3. The van der Waals surface area contributed by atoms with Gasteiger partial charge in [-0.15, -0.1) is 0 Å². The predicted octanol–water partition coefficient (Wildman–Crippen LogP) is 3.46. The van der Waals surface area contributed by atoms with E-state index in [-0.39, 0.29) is 23.4 Å². The molecule has 2 aliphatic rings. The Morgan fingerprint density at radius 2 is 1.81 bits per heavy atom. The third kappa shape index (κ3) is 4.63. The van der Waals surface area contributed by atoms with Crippen molar-refractivity contribution >= 4 is 39.9 Å². The van der Waals surface area contributed by atoms with E-state index < -0.39 is 0 Å². The molecule has 1 aliphatic carbocycles. The Labute approximate surface area is 207 Å². The van der Waals surface area contributed by atoms with E-state index in [1.165, 1.54) is 0 Å². The minimum Gasteiger partial charge on any atom is -0.378 e. The van der Waals surface area contributed by atoms with Crippen LogP contribution in [0.25, 0.3) is 22.0 Å². The van der Waals surface area contributed by atoms with Gasteiger partial charge in [0.05, 0.1) is 42.5 Å². The Hall–Kier alpha value is -4.31. The van der Waals surface area contributed by atoms with Crippen LogP contribution in [0.1, 0.15) is 23.3 Å². The van der Waals surface area contributed by atoms with Gasteiger partial charge in [-0.25, -0.2) is 4.98 Å². The predicted molar refractivity (Wildman–Crippen MR) is 136 cm³/mol. The van der Waals surface area contributed by atoms with Crippen molar-refractivity contribution in [2.24, 2.45) is 5.92 Å². The fraction of sp³-hybridized carbons (Fsp3) is 0.269. The van der Waals surface area contributed by atoms with Gasteiger partial charge in [-0.2, -0.15) is 5.10 Å². The molecule has 36 heavy (non-hydrogen) atoms. The average Bonchev–Trinajstić information content (AvgIpc) is 3.69. The summed E-state index contributed by atoms with van der Waals surface area (Å²) in [6, 6.07) is 11.3. The van der Waals surface area contributed by atoms with Gasteiger partial charge in [0.15, 0.2) is 5.69 Å². The van der Waals surface area contributed by atoms with Crippen LogP contribution in [0.4, 0.5) is 17.2 Å². The largest absolute Gasteiger partial charge is 0.378 e. The summed E-state index contributed by atoms with van der Waals surface area (Å²) < 4.78 is 5.39. The summed E-state index contributed by atoms with van der Waals surface area (Å²) in [5.41, 5.74) is 3.98. The number of rotatable bonds is 6. The first-order valence-electron chi connectivity index (χ1n) is 12.0. The van der Waals surface area contributed by atoms with Gasteiger partial charge in [-0.05, 0) is 48.7 Å². The molecule has 0 atom stereocenters. The molecular formula is C26H25N7O3. The zero-order valence-corrected chi connectivity index (χ0v) is 19.5. The molecule has 182 valence electrons. The third-order valence-corrected chi connectivity index (χ3v) is 6.41. The number of fused-ring (bicyclic) bond motifs is 1. The summed E-state index contributed by atoms with van der Waals surface area (Å²) in [5, 5.41) is 13.7. The van der Waals surface area contributed by atoms with Crippen molar-refractivity contribution in [3.05, 3.63) is 60.7 Å². The second-order valence-electron chi connectivity index (χ2n) is 9.02. The van der Waals surface area contributed by atoms with E-state index in [1.54, 1.807) is 18.6 Å². The lowest BCUT2D eigenvalue weighted by Crippen LogP contribution is -2.36. The highest BCUT2D eigenvalue weighted by atomic mass is 16.5. The van der Waals surface area contributed by atoms with E-state index >= 15 is 0 Å². The van der Waals surface area contributed by atoms with Crippen molar-refractivity contribution in [2.45, 2.75) is 12.8 Å². The second kappa shape index (κ2) is 9.38. The van der Waals surface area contributed by atoms with Crippen LogP contribution in [0, 0.1) is 5.92 Å². The molecule has 10 nitrogen and oxygen atoms in total. The number of nitrogens with one attached hydrogen (secondary N) is 3. The molecule has 6 rings (SSSR count). The van der Waals surface area contributed by atoms with Crippen LogP contribution in [0.5, 0.6) is 0 Å². The van der Waals surface area contributed by atoms with Crippen LogP contribution in [0.3, 0.4) is 0 Å². The van der Waals surface area contributed by atoms with E-state index in [4.69, 9.17) is 4.74 Å². The lowest BCUT2D eigenvalue weighted by molar-refractivity contribution is -0.117. The molecule has 3 aromatic heterocycles. The molecule has 3 N–H and O–H groups in total. The summed E-state index contributed by atoms with van der Waals surface area (Å²) in [6.07, 6.45) is 6.90. The molecule has 1 aromatic carbocycles. The smallest absolute Gasteiger partial charge is 0.276 e. The van der Waals surface area contributed by atoms with E-state index in [2.05, 4.69) is 35.7 Å². The maximum absolute atomic E-state index is 13.1. The Bertz CT molecular complexity index is 1420. The lowest BCUT2D eigenvalue weighted by atomic mass is 10.0. The quantitative estimate of drug-likeness (QED) is 0.384. The Morgan fingerprint density at radius 1 is 0.944 bits per heavy atom. The summed E-state index contributed by atoms with van der Waals surface area (Å²) in [4.78, 5) is 36.1. The molecule has 4 heterocycles. The van der Waals surface area contributed by atoms with Gasteiger partial charge < -0.3 is 20.3 Å². The van der Waals surface area contributed by atoms with Crippen LogP contribution in [0.2, 0.25) is 0 Å². The number of aromatic nitrogens is 4. The van der Waals surface area contributed by atoms with E-state index in [0.29, 0.717) is 30.0 Å². The highest BCUT2D eigenvalue weighted by Gasteiger charge is 2.29. The zero-order chi connectivity index (χ0) is 24.5. The van der Waals surface area contributed by atoms with Crippen LogP contribution in [0.15, 0.2) is 55.0 Å². The maximum atomic E-state index is 13.1. The maximum Gasteiger partial charge on any atom is 0.276 e. The number of pyridine rings is 2. The number of ether oxygens (including phenoxy) is 1. The van der Waals surface area contributed by atoms with E-state index in [1.807, 2.05) is 36.4 Å². The molecular weight excluding hydrogens is 458 g/mol. The highest BCUT2D eigenvalue weighted by Crippen LogP contribution is 2.31. The van der Waals surface area contributed by atoms with Crippen molar-refractivity contribution in [3.8, 4) is 11.1 Å². The molecule has 2 amide bonds. The standard InChI is InChI=1S/C26H25N7O3/c34-25(16-1-2-16)30-20-11-18(13-27-14-20)17-3-5-22-21(12-17)24(32-31-22)26(35)29-19-4-6-23(28-15-19)33-7-9-36-10-8-33/h3-6,11-16H,1-2,7-10H2,(H,29,35)(H,30,34)(H,31,32). The number of amides is 2. The fourth-order valence-corrected chi connectivity index (χ4v) is 4.25. The monoisotopic (exact) mass is 483 g/mol. The lowest BCUT2D eigenvalue weighted by Gasteiger charge is -2.27. The molecule has 4 aromatic rings. The Morgan fingerprint density at radius 3 is 2.58 bits per heavy atom. The number of hydrogen-bond acceptors (Lipinski definition) is 7. The zero-order valence-electron chi connectivity index (χ0n) is 19.5. The van der Waals surface area contributed by atoms with Gasteiger partial charge >= 0.3 is 0 Å². The van der Waals surface area contributed by atoms with Gasteiger partial charge in [-0.3, -0.25) is 19.7 Å². The molecule has 10 heteroatoms. The SMILES string of the molecule is O=C(Nc1ccc(N2CCOCC2)nc1)c1n[nH]c2ccc(-c3cncc(NC(=O)C4CC4)c3)cc12. The number of nitrogens with zero attached hydrogens (tertiary/aromatic N) is 4.